The van der Waals surface area contributed by atoms with E-state index in [-0.39, 0.29) is 24.3 Å². The van der Waals surface area contributed by atoms with Crippen LogP contribution in [0.2, 0.25) is 0 Å². The van der Waals surface area contributed by atoms with E-state index in [1.54, 1.807) is 19.1 Å². The summed E-state index contributed by atoms with van der Waals surface area (Å²) in [5, 5.41) is 3.10. The van der Waals surface area contributed by atoms with Gasteiger partial charge in [-0.25, -0.2) is 0 Å². The molecule has 1 saturated heterocycles. The van der Waals surface area contributed by atoms with Gasteiger partial charge in [0.25, 0.3) is 0 Å². The number of nitrogens with zero attached hydrogens (tertiary/aromatic N) is 1. The minimum Gasteiger partial charge on any atom is -0.497 e. The average Bonchev–Trinajstić information content (AvgIpc) is 3.21. The third kappa shape index (κ3) is 5.21. The molecule has 0 unspecified atom stereocenters. The van der Waals surface area contributed by atoms with E-state index in [0.29, 0.717) is 6.54 Å². The highest BCUT2D eigenvalue weighted by molar-refractivity contribution is 6.01. The van der Waals surface area contributed by atoms with Gasteiger partial charge in [0.05, 0.1) is 26.2 Å². The predicted molar refractivity (Wildman–Crippen MR) is 128 cm³/mol. The molecular formula is C27H32N2O4. The van der Waals surface area contributed by atoms with Crippen LogP contribution < -0.4 is 19.7 Å². The summed E-state index contributed by atoms with van der Waals surface area (Å²) in [4.78, 5) is 28.2. The van der Waals surface area contributed by atoms with Crippen molar-refractivity contribution >= 4 is 17.5 Å². The summed E-state index contributed by atoms with van der Waals surface area (Å²) in [6.45, 7) is 0.604. The van der Waals surface area contributed by atoms with Gasteiger partial charge < -0.3 is 19.7 Å². The Labute approximate surface area is 195 Å². The van der Waals surface area contributed by atoms with Crippen molar-refractivity contribution in [2.24, 2.45) is 5.92 Å². The van der Waals surface area contributed by atoms with Crippen LogP contribution in [0.1, 0.15) is 50.1 Å². The van der Waals surface area contributed by atoms with E-state index in [9.17, 15) is 9.59 Å². The van der Waals surface area contributed by atoms with Gasteiger partial charge in [-0.2, -0.15) is 0 Å². The quantitative estimate of drug-likeness (QED) is 0.589. The van der Waals surface area contributed by atoms with E-state index in [1.807, 2.05) is 48.5 Å². The maximum Gasteiger partial charge on any atom is 0.228 e. The lowest BCUT2D eigenvalue weighted by molar-refractivity contribution is -0.126. The fraction of sp³-hybridized carbons (Fsp3) is 0.407. The minimum absolute atomic E-state index is 0.0591. The monoisotopic (exact) mass is 448 g/mol. The predicted octanol–water partition coefficient (Wildman–Crippen LogP) is 4.80. The van der Waals surface area contributed by atoms with Gasteiger partial charge in [-0.3, -0.25) is 9.59 Å². The van der Waals surface area contributed by atoms with Crippen LogP contribution >= 0.6 is 0 Å². The standard InChI is InChI=1S/C27H32N2O4/c1-32-22-12-8-20(9-13-22)26-24(27(31)28-17-16-19-6-4-3-5-7-19)18-25(30)29(26)21-10-14-23(33-2)15-11-21/h6,8-15,24,26H,3-5,7,16-18H2,1-2H3,(H,28,31)/t24-,26-/m0/s1. The highest BCUT2D eigenvalue weighted by Crippen LogP contribution is 2.42. The molecule has 0 aromatic heterocycles. The summed E-state index contributed by atoms with van der Waals surface area (Å²) in [6.07, 6.45) is 8.10. The van der Waals surface area contributed by atoms with Crippen molar-refractivity contribution in [1.29, 1.82) is 0 Å². The number of carbonyl (C=O) groups excluding carboxylic acids is 2. The summed E-state index contributed by atoms with van der Waals surface area (Å²) in [6, 6.07) is 14.6. The van der Waals surface area contributed by atoms with Crippen molar-refractivity contribution in [2.45, 2.75) is 44.6 Å². The molecule has 2 amide bonds. The number of allylic oxidation sites excluding steroid dienone is 1. The van der Waals surface area contributed by atoms with E-state index in [1.165, 1.54) is 18.4 Å². The molecule has 1 N–H and O–H groups in total. The highest BCUT2D eigenvalue weighted by Gasteiger charge is 2.45. The summed E-state index contributed by atoms with van der Waals surface area (Å²) in [5.74, 6) is 0.861. The highest BCUT2D eigenvalue weighted by atomic mass is 16.5. The van der Waals surface area contributed by atoms with Gasteiger partial charge in [0.1, 0.15) is 11.5 Å². The molecule has 2 aromatic rings. The van der Waals surface area contributed by atoms with Crippen molar-refractivity contribution < 1.29 is 19.1 Å². The Kier molecular flexibility index (Phi) is 7.33. The molecule has 0 radical (unpaired) electrons. The molecule has 1 heterocycles. The summed E-state index contributed by atoms with van der Waals surface area (Å²) < 4.78 is 10.6. The topological polar surface area (TPSA) is 67.9 Å². The molecule has 4 rings (SSSR count). The largest absolute Gasteiger partial charge is 0.497 e. The van der Waals surface area contributed by atoms with E-state index < -0.39 is 5.92 Å². The number of nitrogens with one attached hydrogen (secondary N) is 1. The van der Waals surface area contributed by atoms with Gasteiger partial charge in [0, 0.05) is 18.7 Å². The van der Waals surface area contributed by atoms with Crippen LogP contribution in [0.4, 0.5) is 5.69 Å². The van der Waals surface area contributed by atoms with Crippen molar-refractivity contribution in [3.8, 4) is 11.5 Å². The Balaban J connectivity index is 1.56. The molecule has 0 bridgehead atoms. The van der Waals surface area contributed by atoms with E-state index >= 15 is 0 Å². The van der Waals surface area contributed by atoms with Crippen molar-refractivity contribution in [3.63, 3.8) is 0 Å². The van der Waals surface area contributed by atoms with Gasteiger partial charge in [0.15, 0.2) is 0 Å². The van der Waals surface area contributed by atoms with Crippen LogP contribution in [-0.4, -0.2) is 32.6 Å². The zero-order valence-electron chi connectivity index (χ0n) is 19.4. The second kappa shape index (κ2) is 10.6. The van der Waals surface area contributed by atoms with Crippen molar-refractivity contribution in [2.75, 3.05) is 25.7 Å². The van der Waals surface area contributed by atoms with E-state index in [2.05, 4.69) is 11.4 Å². The molecule has 0 spiro atoms. The Bertz CT molecular complexity index is 998. The lowest BCUT2D eigenvalue weighted by Gasteiger charge is -2.28. The van der Waals surface area contributed by atoms with Crippen LogP contribution in [0.25, 0.3) is 0 Å². The third-order valence-corrected chi connectivity index (χ3v) is 6.60. The van der Waals surface area contributed by atoms with Crippen LogP contribution in [0.3, 0.4) is 0 Å². The first-order valence-corrected chi connectivity index (χ1v) is 11.7. The number of hydrogen-bond donors (Lipinski definition) is 1. The van der Waals surface area contributed by atoms with Crippen LogP contribution in [0, 0.1) is 5.92 Å². The number of carbonyl (C=O) groups is 2. The van der Waals surface area contributed by atoms with Crippen molar-refractivity contribution in [1.82, 2.24) is 5.32 Å². The van der Waals surface area contributed by atoms with Crippen LogP contribution in [0.15, 0.2) is 60.2 Å². The number of rotatable bonds is 8. The third-order valence-electron chi connectivity index (χ3n) is 6.60. The molecule has 2 aromatic carbocycles. The maximum atomic E-state index is 13.3. The van der Waals surface area contributed by atoms with Crippen molar-refractivity contribution in [3.05, 3.63) is 65.7 Å². The molecule has 1 fully saturated rings. The smallest absolute Gasteiger partial charge is 0.228 e. The number of ether oxygens (including phenoxy) is 2. The number of amides is 2. The molecule has 2 atom stereocenters. The first-order valence-electron chi connectivity index (χ1n) is 11.7. The molecule has 6 heteroatoms. The number of benzene rings is 2. The molecule has 2 aliphatic rings. The van der Waals surface area contributed by atoms with Crippen LogP contribution in [0.5, 0.6) is 11.5 Å². The van der Waals surface area contributed by atoms with Gasteiger partial charge in [0.2, 0.25) is 11.8 Å². The fourth-order valence-electron chi connectivity index (χ4n) is 4.81. The Morgan fingerprint density at radius 1 is 1.00 bits per heavy atom. The SMILES string of the molecule is COc1ccc([C@H]2[C@@H](C(=O)NCCC3=CCCCC3)CC(=O)N2c2ccc(OC)cc2)cc1. The molecule has 1 aliphatic carbocycles. The zero-order chi connectivity index (χ0) is 23.2. The second-order valence-electron chi connectivity index (χ2n) is 8.64. The van der Waals surface area contributed by atoms with E-state index in [0.717, 1.165) is 42.0 Å². The first kappa shape index (κ1) is 22.9. The van der Waals surface area contributed by atoms with Gasteiger partial charge in [-0.15, -0.1) is 0 Å². The first-order chi connectivity index (χ1) is 16.1. The Morgan fingerprint density at radius 3 is 2.27 bits per heavy atom. The summed E-state index contributed by atoms with van der Waals surface area (Å²) in [7, 11) is 3.23. The molecule has 6 nitrogen and oxygen atoms in total. The normalized spacial score (nSPS) is 20.4. The Hall–Kier alpha value is -3.28. The van der Waals surface area contributed by atoms with Gasteiger partial charge in [-0.1, -0.05) is 23.8 Å². The van der Waals surface area contributed by atoms with E-state index in [4.69, 9.17) is 9.47 Å². The molecule has 0 saturated carbocycles. The summed E-state index contributed by atoms with van der Waals surface area (Å²) >= 11 is 0. The second-order valence-corrected chi connectivity index (χ2v) is 8.64. The molecule has 33 heavy (non-hydrogen) atoms. The van der Waals surface area contributed by atoms with Gasteiger partial charge in [-0.05, 0) is 74.1 Å². The molecular weight excluding hydrogens is 416 g/mol. The van der Waals surface area contributed by atoms with Gasteiger partial charge >= 0.3 is 0 Å². The fourth-order valence-corrected chi connectivity index (χ4v) is 4.81. The average molecular weight is 449 g/mol. The lowest BCUT2D eigenvalue weighted by atomic mass is 9.92. The maximum absolute atomic E-state index is 13.3. The lowest BCUT2D eigenvalue weighted by Crippen LogP contribution is -2.36. The number of methoxy groups -OCH3 is 2. The van der Waals surface area contributed by atoms with Crippen LogP contribution in [-0.2, 0) is 9.59 Å². The number of hydrogen-bond acceptors (Lipinski definition) is 4. The minimum atomic E-state index is -0.465. The zero-order valence-corrected chi connectivity index (χ0v) is 19.4. The summed E-state index contributed by atoms with van der Waals surface area (Å²) in [5.41, 5.74) is 3.09. The number of anilines is 1. The molecule has 1 aliphatic heterocycles. The Morgan fingerprint density at radius 2 is 1.67 bits per heavy atom. The molecule has 174 valence electrons.